The van der Waals surface area contributed by atoms with Gasteiger partial charge >= 0.3 is 0 Å². The number of carbonyl (C=O) groups excluding carboxylic acids is 1. The highest BCUT2D eigenvalue weighted by molar-refractivity contribution is 5.93. The molecule has 0 spiro atoms. The van der Waals surface area contributed by atoms with Crippen LogP contribution in [0.1, 0.15) is 16.9 Å². The number of methoxy groups -OCH3 is 1. The lowest BCUT2D eigenvalue weighted by atomic mass is 10.1. The standard InChI is InChI=1S/C15H16FN3O3/c1-21-10-2-3-11(12(16)6-10)14-7-13(18-22-14)15(20)19-5-4-9(17)8-19/h2-3,6-7,9H,4-5,8,17H2,1H3/t9-/m0/s1. The van der Waals surface area contributed by atoms with E-state index in [0.29, 0.717) is 18.8 Å². The van der Waals surface area contributed by atoms with Crippen molar-refractivity contribution in [1.29, 1.82) is 0 Å². The minimum atomic E-state index is -0.502. The molecule has 1 aromatic carbocycles. The van der Waals surface area contributed by atoms with Gasteiger partial charge in [0.1, 0.15) is 11.6 Å². The molecule has 2 aromatic rings. The molecule has 0 aliphatic carbocycles. The van der Waals surface area contributed by atoms with Gasteiger partial charge in [0.25, 0.3) is 5.91 Å². The van der Waals surface area contributed by atoms with E-state index in [9.17, 15) is 9.18 Å². The van der Waals surface area contributed by atoms with Gasteiger partial charge < -0.3 is 19.9 Å². The van der Waals surface area contributed by atoms with E-state index in [1.165, 1.54) is 25.3 Å². The van der Waals surface area contributed by atoms with Gasteiger partial charge in [0, 0.05) is 31.3 Å². The van der Waals surface area contributed by atoms with Crippen LogP contribution in [0.3, 0.4) is 0 Å². The highest BCUT2D eigenvalue weighted by Gasteiger charge is 2.27. The molecule has 1 aromatic heterocycles. The number of halogens is 1. The molecule has 2 heterocycles. The Balaban J connectivity index is 1.83. The third kappa shape index (κ3) is 2.67. The molecule has 0 saturated carbocycles. The summed E-state index contributed by atoms with van der Waals surface area (Å²) in [6.07, 6.45) is 0.767. The minimum Gasteiger partial charge on any atom is -0.497 e. The third-order valence-corrected chi connectivity index (χ3v) is 3.68. The van der Waals surface area contributed by atoms with Crippen LogP contribution in [0, 0.1) is 5.82 Å². The molecule has 1 saturated heterocycles. The summed E-state index contributed by atoms with van der Waals surface area (Å²) < 4.78 is 24.1. The molecule has 22 heavy (non-hydrogen) atoms. The average Bonchev–Trinajstić information content (AvgIpc) is 3.15. The molecule has 1 atom stereocenters. The van der Waals surface area contributed by atoms with Crippen LogP contribution in [-0.4, -0.2) is 42.2 Å². The molecule has 1 amide bonds. The van der Waals surface area contributed by atoms with Gasteiger partial charge in [0.05, 0.1) is 12.7 Å². The number of hydrogen-bond acceptors (Lipinski definition) is 5. The largest absolute Gasteiger partial charge is 0.497 e. The fourth-order valence-electron chi connectivity index (χ4n) is 2.46. The molecule has 0 radical (unpaired) electrons. The Hall–Kier alpha value is -2.41. The van der Waals surface area contributed by atoms with Gasteiger partial charge in [-0.05, 0) is 18.6 Å². The second kappa shape index (κ2) is 5.76. The SMILES string of the molecule is COc1ccc(-c2cc(C(=O)N3CC[C@H](N)C3)no2)c(F)c1. The first-order valence-corrected chi connectivity index (χ1v) is 6.94. The van der Waals surface area contributed by atoms with Gasteiger partial charge in [-0.25, -0.2) is 4.39 Å². The lowest BCUT2D eigenvalue weighted by Crippen LogP contribution is -2.32. The molecule has 1 aliphatic heterocycles. The predicted molar refractivity (Wildman–Crippen MR) is 76.9 cm³/mol. The summed E-state index contributed by atoms with van der Waals surface area (Å²) in [6, 6.07) is 5.82. The van der Waals surface area contributed by atoms with Crippen LogP contribution >= 0.6 is 0 Å². The molecular weight excluding hydrogens is 289 g/mol. The number of aromatic nitrogens is 1. The lowest BCUT2D eigenvalue weighted by molar-refractivity contribution is 0.0780. The summed E-state index contributed by atoms with van der Waals surface area (Å²) >= 11 is 0. The lowest BCUT2D eigenvalue weighted by Gasteiger charge is -2.13. The van der Waals surface area contributed by atoms with E-state index in [1.54, 1.807) is 11.0 Å². The van der Waals surface area contributed by atoms with E-state index in [-0.39, 0.29) is 29.0 Å². The van der Waals surface area contributed by atoms with Crippen LogP contribution in [-0.2, 0) is 0 Å². The van der Waals surface area contributed by atoms with Gasteiger partial charge in [0.15, 0.2) is 11.5 Å². The Morgan fingerprint density at radius 2 is 2.32 bits per heavy atom. The quantitative estimate of drug-likeness (QED) is 0.932. The maximum Gasteiger partial charge on any atom is 0.276 e. The molecule has 116 valence electrons. The molecule has 2 N–H and O–H groups in total. The maximum atomic E-state index is 14.0. The molecule has 0 bridgehead atoms. The zero-order chi connectivity index (χ0) is 15.7. The van der Waals surface area contributed by atoms with Crippen molar-refractivity contribution >= 4 is 5.91 Å². The number of hydrogen-bond donors (Lipinski definition) is 1. The van der Waals surface area contributed by atoms with Crippen molar-refractivity contribution in [2.45, 2.75) is 12.5 Å². The van der Waals surface area contributed by atoms with Crippen molar-refractivity contribution in [2.75, 3.05) is 20.2 Å². The Morgan fingerprint density at radius 1 is 1.50 bits per heavy atom. The molecule has 6 nitrogen and oxygen atoms in total. The molecule has 0 unspecified atom stereocenters. The fraction of sp³-hybridized carbons (Fsp3) is 0.333. The summed E-state index contributed by atoms with van der Waals surface area (Å²) in [7, 11) is 1.46. The second-order valence-corrected chi connectivity index (χ2v) is 5.22. The van der Waals surface area contributed by atoms with Gasteiger partial charge in [-0.15, -0.1) is 0 Å². The van der Waals surface area contributed by atoms with Crippen LogP contribution < -0.4 is 10.5 Å². The smallest absolute Gasteiger partial charge is 0.276 e. The van der Waals surface area contributed by atoms with E-state index >= 15 is 0 Å². The van der Waals surface area contributed by atoms with Crippen LogP contribution in [0.4, 0.5) is 4.39 Å². The Labute approximate surface area is 126 Å². The topological polar surface area (TPSA) is 81.6 Å². The van der Waals surface area contributed by atoms with Crippen LogP contribution in [0.15, 0.2) is 28.8 Å². The third-order valence-electron chi connectivity index (χ3n) is 3.68. The van der Waals surface area contributed by atoms with E-state index < -0.39 is 5.82 Å². The number of carbonyl (C=O) groups is 1. The first-order valence-electron chi connectivity index (χ1n) is 6.94. The highest BCUT2D eigenvalue weighted by atomic mass is 19.1. The summed E-state index contributed by atoms with van der Waals surface area (Å²) in [5, 5.41) is 3.74. The van der Waals surface area contributed by atoms with Gasteiger partial charge in [-0.2, -0.15) is 0 Å². The fourth-order valence-corrected chi connectivity index (χ4v) is 2.46. The van der Waals surface area contributed by atoms with Gasteiger partial charge in [0.2, 0.25) is 0 Å². The van der Waals surface area contributed by atoms with Gasteiger partial charge in [-0.1, -0.05) is 5.16 Å². The maximum absolute atomic E-state index is 14.0. The van der Waals surface area contributed by atoms with E-state index in [0.717, 1.165) is 6.42 Å². The number of rotatable bonds is 3. The number of nitrogens with zero attached hydrogens (tertiary/aromatic N) is 2. The predicted octanol–water partition coefficient (Wildman–Crippen LogP) is 1.66. The first kappa shape index (κ1) is 14.5. The van der Waals surface area contributed by atoms with Crippen molar-refractivity contribution in [3.8, 4) is 17.1 Å². The number of likely N-dealkylation sites (tertiary alicyclic amines) is 1. The molecule has 7 heteroatoms. The van der Waals surface area contributed by atoms with E-state index in [2.05, 4.69) is 5.16 Å². The normalized spacial score (nSPS) is 17.8. The van der Waals surface area contributed by atoms with Crippen molar-refractivity contribution < 1.29 is 18.4 Å². The first-order chi connectivity index (χ1) is 10.6. The Morgan fingerprint density at radius 3 is 2.95 bits per heavy atom. The Kier molecular flexibility index (Phi) is 3.81. The van der Waals surface area contributed by atoms with Gasteiger partial charge in [-0.3, -0.25) is 4.79 Å². The number of benzene rings is 1. The molecule has 3 rings (SSSR count). The minimum absolute atomic E-state index is 0.00523. The second-order valence-electron chi connectivity index (χ2n) is 5.22. The summed E-state index contributed by atoms with van der Waals surface area (Å²) in [6.45, 7) is 1.09. The summed E-state index contributed by atoms with van der Waals surface area (Å²) in [4.78, 5) is 13.9. The summed E-state index contributed by atoms with van der Waals surface area (Å²) in [5.74, 6) is -0.148. The van der Waals surface area contributed by atoms with E-state index in [1.807, 2.05) is 0 Å². The molecular formula is C15H16FN3O3. The summed E-state index contributed by atoms with van der Waals surface area (Å²) in [5.41, 5.74) is 6.16. The number of nitrogens with two attached hydrogens (primary N) is 1. The molecule has 1 fully saturated rings. The highest BCUT2D eigenvalue weighted by Crippen LogP contribution is 2.27. The molecule has 1 aliphatic rings. The van der Waals surface area contributed by atoms with Crippen LogP contribution in [0.5, 0.6) is 5.75 Å². The monoisotopic (exact) mass is 305 g/mol. The number of ether oxygens (including phenoxy) is 1. The van der Waals surface area contributed by atoms with Crippen molar-refractivity contribution in [2.24, 2.45) is 5.73 Å². The zero-order valence-corrected chi connectivity index (χ0v) is 12.1. The average molecular weight is 305 g/mol. The Bertz CT molecular complexity index is 701. The van der Waals surface area contributed by atoms with Crippen molar-refractivity contribution in [1.82, 2.24) is 10.1 Å². The van der Waals surface area contributed by atoms with E-state index in [4.69, 9.17) is 15.0 Å². The number of amides is 1. The zero-order valence-electron chi connectivity index (χ0n) is 12.1. The van der Waals surface area contributed by atoms with Crippen LogP contribution in [0.25, 0.3) is 11.3 Å². The van der Waals surface area contributed by atoms with Crippen molar-refractivity contribution in [3.05, 3.63) is 35.8 Å². The van der Waals surface area contributed by atoms with Crippen LogP contribution in [0.2, 0.25) is 0 Å². The van der Waals surface area contributed by atoms with Crippen molar-refractivity contribution in [3.63, 3.8) is 0 Å².